The average Bonchev–Trinajstić information content (AvgIpc) is 3.11. The quantitative estimate of drug-likeness (QED) is 0.830. The molecule has 0 saturated carbocycles. The highest BCUT2D eigenvalue weighted by molar-refractivity contribution is 5.95. The van der Waals surface area contributed by atoms with Gasteiger partial charge in [0.1, 0.15) is 0 Å². The monoisotopic (exact) mass is 358 g/mol. The van der Waals surface area contributed by atoms with E-state index in [0.29, 0.717) is 6.42 Å². The molecular formula is C21H30N2O3. The second-order valence-corrected chi connectivity index (χ2v) is 7.87. The minimum Gasteiger partial charge on any atom is -0.378 e. The summed E-state index contributed by atoms with van der Waals surface area (Å²) in [6.45, 7) is 4.78. The first-order valence-corrected chi connectivity index (χ1v) is 9.99. The van der Waals surface area contributed by atoms with Crippen LogP contribution in [0.2, 0.25) is 0 Å². The molecule has 0 N–H and O–H groups in total. The number of rotatable bonds is 4. The Morgan fingerprint density at radius 2 is 1.92 bits per heavy atom. The van der Waals surface area contributed by atoms with Gasteiger partial charge >= 0.3 is 0 Å². The number of benzene rings is 1. The van der Waals surface area contributed by atoms with Crippen LogP contribution in [0.1, 0.15) is 44.1 Å². The molecule has 5 heteroatoms. The first-order valence-electron chi connectivity index (χ1n) is 9.99. The average molecular weight is 358 g/mol. The molecule has 1 amide bonds. The second kappa shape index (κ2) is 7.67. The van der Waals surface area contributed by atoms with Crippen molar-refractivity contribution in [2.24, 2.45) is 0 Å². The van der Waals surface area contributed by atoms with Crippen molar-refractivity contribution in [2.75, 3.05) is 38.3 Å². The third kappa shape index (κ3) is 3.53. The fraction of sp³-hybridized carbons (Fsp3) is 0.667. The molecule has 1 atom stereocenters. The van der Waals surface area contributed by atoms with Crippen LogP contribution < -0.4 is 4.90 Å². The van der Waals surface area contributed by atoms with E-state index in [0.717, 1.165) is 70.6 Å². The number of ether oxygens (including phenoxy) is 2. The van der Waals surface area contributed by atoms with Crippen LogP contribution in [0, 0.1) is 0 Å². The number of carbonyl (C=O) groups is 1. The van der Waals surface area contributed by atoms with E-state index in [1.165, 1.54) is 5.56 Å². The molecule has 1 spiro atoms. The van der Waals surface area contributed by atoms with Gasteiger partial charge in [-0.2, -0.15) is 0 Å². The molecule has 3 fully saturated rings. The van der Waals surface area contributed by atoms with Crippen LogP contribution >= 0.6 is 0 Å². The largest absolute Gasteiger partial charge is 0.378 e. The Labute approximate surface area is 156 Å². The Hall–Kier alpha value is -1.43. The van der Waals surface area contributed by atoms with Crippen molar-refractivity contribution in [3.8, 4) is 0 Å². The number of anilines is 1. The standard InChI is InChI=1S/C21H30N2O3/c1-25-19-4-3-15-26-21(19)10-13-22(14-11-21)16-17-6-8-18(9-7-17)23-12-2-5-20(23)24/h6-9,19H,2-5,10-16H2,1H3. The van der Waals surface area contributed by atoms with Crippen LogP contribution in [0.4, 0.5) is 5.69 Å². The Balaban J connectivity index is 1.33. The van der Waals surface area contributed by atoms with Gasteiger partial charge in [0.05, 0.1) is 11.7 Å². The van der Waals surface area contributed by atoms with Crippen molar-refractivity contribution in [1.82, 2.24) is 4.90 Å². The molecule has 0 aliphatic carbocycles. The summed E-state index contributed by atoms with van der Waals surface area (Å²) in [5.41, 5.74) is 2.28. The smallest absolute Gasteiger partial charge is 0.227 e. The van der Waals surface area contributed by atoms with E-state index in [1.807, 2.05) is 12.0 Å². The number of hydrogen-bond acceptors (Lipinski definition) is 4. The molecular weight excluding hydrogens is 328 g/mol. The van der Waals surface area contributed by atoms with Crippen molar-refractivity contribution < 1.29 is 14.3 Å². The first-order chi connectivity index (χ1) is 12.7. The molecule has 0 aromatic heterocycles. The highest BCUT2D eigenvalue weighted by Gasteiger charge is 2.44. The molecule has 3 aliphatic rings. The fourth-order valence-corrected chi connectivity index (χ4v) is 4.75. The maximum Gasteiger partial charge on any atom is 0.227 e. The predicted molar refractivity (Wildman–Crippen MR) is 101 cm³/mol. The molecule has 1 aromatic carbocycles. The molecule has 4 rings (SSSR count). The SMILES string of the molecule is COC1CCCOC12CCN(Cc1ccc(N3CCCC3=O)cc1)CC2. The third-order valence-corrected chi connectivity index (χ3v) is 6.30. The van der Waals surface area contributed by atoms with Crippen molar-refractivity contribution in [3.05, 3.63) is 29.8 Å². The van der Waals surface area contributed by atoms with Crippen LogP contribution in [-0.4, -0.2) is 55.9 Å². The summed E-state index contributed by atoms with van der Waals surface area (Å²) in [6, 6.07) is 8.52. The van der Waals surface area contributed by atoms with Crippen molar-refractivity contribution >= 4 is 11.6 Å². The topological polar surface area (TPSA) is 42.0 Å². The Kier molecular flexibility index (Phi) is 5.30. The maximum absolute atomic E-state index is 11.9. The molecule has 142 valence electrons. The second-order valence-electron chi connectivity index (χ2n) is 7.87. The number of piperidine rings is 1. The minimum atomic E-state index is -0.0660. The van der Waals surface area contributed by atoms with Crippen LogP contribution in [0.25, 0.3) is 0 Å². The Morgan fingerprint density at radius 3 is 2.58 bits per heavy atom. The summed E-state index contributed by atoms with van der Waals surface area (Å²) in [5, 5.41) is 0. The van der Waals surface area contributed by atoms with E-state index >= 15 is 0 Å². The molecule has 3 saturated heterocycles. The summed E-state index contributed by atoms with van der Waals surface area (Å²) in [4.78, 5) is 16.3. The van der Waals surface area contributed by atoms with Gasteiger partial charge in [0.25, 0.3) is 0 Å². The summed E-state index contributed by atoms with van der Waals surface area (Å²) in [5.74, 6) is 0.249. The van der Waals surface area contributed by atoms with E-state index in [2.05, 4.69) is 29.2 Å². The van der Waals surface area contributed by atoms with Gasteiger partial charge in [-0.1, -0.05) is 12.1 Å². The van der Waals surface area contributed by atoms with Crippen molar-refractivity contribution in [3.63, 3.8) is 0 Å². The van der Waals surface area contributed by atoms with E-state index in [9.17, 15) is 4.79 Å². The van der Waals surface area contributed by atoms with E-state index < -0.39 is 0 Å². The molecule has 5 nitrogen and oxygen atoms in total. The van der Waals surface area contributed by atoms with E-state index in [-0.39, 0.29) is 17.6 Å². The third-order valence-electron chi connectivity index (χ3n) is 6.30. The van der Waals surface area contributed by atoms with Gasteiger partial charge in [0.15, 0.2) is 0 Å². The lowest BCUT2D eigenvalue weighted by atomic mass is 9.82. The zero-order valence-corrected chi connectivity index (χ0v) is 15.8. The molecule has 1 aromatic rings. The minimum absolute atomic E-state index is 0.0660. The zero-order valence-electron chi connectivity index (χ0n) is 15.8. The first kappa shape index (κ1) is 18.0. The summed E-state index contributed by atoms with van der Waals surface area (Å²) < 4.78 is 11.9. The number of hydrogen-bond donors (Lipinski definition) is 0. The number of amides is 1. The molecule has 0 bridgehead atoms. The van der Waals surface area contributed by atoms with Crippen LogP contribution in [0.5, 0.6) is 0 Å². The van der Waals surface area contributed by atoms with Gasteiger partial charge in [-0.25, -0.2) is 0 Å². The van der Waals surface area contributed by atoms with Crippen molar-refractivity contribution in [2.45, 2.75) is 56.8 Å². The number of carbonyl (C=O) groups excluding carboxylic acids is 1. The molecule has 3 heterocycles. The summed E-state index contributed by atoms with van der Waals surface area (Å²) in [6.07, 6.45) is 6.22. The van der Waals surface area contributed by atoms with Crippen LogP contribution in [-0.2, 0) is 20.8 Å². The highest BCUT2D eigenvalue weighted by Crippen LogP contribution is 2.37. The van der Waals surface area contributed by atoms with E-state index in [1.54, 1.807) is 0 Å². The molecule has 1 unspecified atom stereocenters. The molecule has 3 aliphatic heterocycles. The lowest BCUT2D eigenvalue weighted by Crippen LogP contribution is -2.55. The van der Waals surface area contributed by atoms with Gasteiger partial charge in [-0.3, -0.25) is 9.69 Å². The van der Waals surface area contributed by atoms with Crippen LogP contribution in [0.15, 0.2) is 24.3 Å². The predicted octanol–water partition coefficient (Wildman–Crippen LogP) is 2.97. The Bertz CT molecular complexity index is 623. The van der Waals surface area contributed by atoms with E-state index in [4.69, 9.17) is 9.47 Å². The zero-order chi connectivity index (χ0) is 18.0. The number of methoxy groups -OCH3 is 1. The summed E-state index contributed by atoms with van der Waals surface area (Å²) in [7, 11) is 1.82. The number of nitrogens with zero attached hydrogens (tertiary/aromatic N) is 2. The fourth-order valence-electron chi connectivity index (χ4n) is 4.75. The van der Waals surface area contributed by atoms with Gasteiger partial charge in [0.2, 0.25) is 5.91 Å². The lowest BCUT2D eigenvalue weighted by Gasteiger charge is -2.48. The van der Waals surface area contributed by atoms with Gasteiger partial charge in [-0.05, 0) is 49.8 Å². The lowest BCUT2D eigenvalue weighted by molar-refractivity contribution is -0.186. The highest BCUT2D eigenvalue weighted by atomic mass is 16.5. The number of likely N-dealkylation sites (tertiary alicyclic amines) is 1. The Morgan fingerprint density at radius 1 is 1.15 bits per heavy atom. The maximum atomic E-state index is 11.9. The van der Waals surface area contributed by atoms with Gasteiger partial charge < -0.3 is 14.4 Å². The van der Waals surface area contributed by atoms with Crippen molar-refractivity contribution in [1.29, 1.82) is 0 Å². The van der Waals surface area contributed by atoms with Crippen LogP contribution in [0.3, 0.4) is 0 Å². The van der Waals surface area contributed by atoms with Gasteiger partial charge in [0, 0.05) is 52.0 Å². The molecule has 26 heavy (non-hydrogen) atoms. The normalized spacial score (nSPS) is 26.6. The summed E-state index contributed by atoms with van der Waals surface area (Å²) >= 11 is 0. The molecule has 0 radical (unpaired) electrons. The van der Waals surface area contributed by atoms with Gasteiger partial charge in [-0.15, -0.1) is 0 Å².